The van der Waals surface area contributed by atoms with Crippen molar-refractivity contribution in [1.29, 1.82) is 0 Å². The Labute approximate surface area is 193 Å². The first kappa shape index (κ1) is 30.0. The number of nitrogens with one attached hydrogen (secondary N) is 3. The number of hydrogen-bond acceptors (Lipinski definition) is 6. The Kier molecular flexibility index (Phi) is 14.8. The predicted octanol–water partition coefficient (Wildman–Crippen LogP) is 0.846. The number of amides is 3. The lowest BCUT2D eigenvalue weighted by Gasteiger charge is -2.27. The molecule has 0 aliphatic rings. The second kappa shape index (κ2) is 15.7. The van der Waals surface area contributed by atoms with Gasteiger partial charge in [-0.25, -0.2) is 0 Å². The maximum absolute atomic E-state index is 13.1. The first-order valence-corrected chi connectivity index (χ1v) is 11.8. The third-order valence-electron chi connectivity index (χ3n) is 5.84. The van der Waals surface area contributed by atoms with Crippen LogP contribution in [0.4, 0.5) is 0 Å². The topological polar surface area (TPSA) is 156 Å². The van der Waals surface area contributed by atoms with Gasteiger partial charge in [-0.1, -0.05) is 41.0 Å². The molecule has 0 fully saturated rings. The normalized spacial score (nSPS) is 15.9. The van der Waals surface area contributed by atoms with Crippen LogP contribution in [0, 0.1) is 17.8 Å². The van der Waals surface area contributed by atoms with E-state index in [2.05, 4.69) is 16.0 Å². The van der Waals surface area contributed by atoms with Crippen LogP contribution in [0.3, 0.4) is 0 Å². The minimum absolute atomic E-state index is 0.124. The van der Waals surface area contributed by atoms with Crippen molar-refractivity contribution in [2.24, 2.45) is 29.2 Å². The van der Waals surface area contributed by atoms with Crippen LogP contribution in [0.25, 0.3) is 0 Å². The molecule has 0 saturated carbocycles. The minimum atomic E-state index is -0.827. The molecule has 0 aliphatic heterocycles. The van der Waals surface area contributed by atoms with Crippen molar-refractivity contribution in [2.45, 2.75) is 91.8 Å². The van der Waals surface area contributed by atoms with E-state index in [1.807, 2.05) is 34.6 Å². The van der Waals surface area contributed by atoms with E-state index in [0.29, 0.717) is 32.2 Å². The highest BCUT2D eigenvalue weighted by molar-refractivity contribution is 5.94. The summed E-state index contributed by atoms with van der Waals surface area (Å²) in [6.07, 6.45) is 2.50. The average Bonchev–Trinajstić information content (AvgIpc) is 2.73. The monoisotopic (exact) mass is 455 g/mol. The summed E-state index contributed by atoms with van der Waals surface area (Å²) in [5.41, 5.74) is 11.2. The molecule has 0 aromatic heterocycles. The zero-order chi connectivity index (χ0) is 24.8. The quantitative estimate of drug-likeness (QED) is 0.232. The molecule has 0 aromatic carbocycles. The molecule has 0 rings (SSSR count). The Morgan fingerprint density at radius 3 is 1.75 bits per heavy atom. The Balaban J connectivity index is 5.44. The van der Waals surface area contributed by atoms with E-state index in [4.69, 9.17) is 11.5 Å². The molecule has 0 bridgehead atoms. The summed E-state index contributed by atoms with van der Waals surface area (Å²) in [5.74, 6) is -1.18. The number of nitrogens with two attached hydrogens (primary N) is 2. The molecular formula is C23H45N5O4. The van der Waals surface area contributed by atoms with E-state index < -0.39 is 29.9 Å². The second-order valence-corrected chi connectivity index (χ2v) is 9.11. The third-order valence-corrected chi connectivity index (χ3v) is 5.84. The van der Waals surface area contributed by atoms with Gasteiger partial charge in [0.15, 0.2) is 5.78 Å². The molecular weight excluding hydrogens is 410 g/mol. The van der Waals surface area contributed by atoms with E-state index in [1.165, 1.54) is 6.92 Å². The molecule has 0 unspecified atom stereocenters. The van der Waals surface area contributed by atoms with Crippen LogP contribution in [-0.2, 0) is 19.2 Å². The maximum Gasteiger partial charge on any atom is 0.243 e. The molecule has 0 aromatic rings. The van der Waals surface area contributed by atoms with E-state index in [0.717, 1.165) is 6.42 Å². The largest absolute Gasteiger partial charge is 0.344 e. The van der Waals surface area contributed by atoms with Gasteiger partial charge in [-0.05, 0) is 57.5 Å². The van der Waals surface area contributed by atoms with Gasteiger partial charge < -0.3 is 27.4 Å². The SMILES string of the molecule is CC[C@H](C)[C@H](C)C(=O)N[C@@H](CCCN)C(=O)N[C@H](CC(C)C)C(=O)N[C@@H](CCN)C(C)=O. The summed E-state index contributed by atoms with van der Waals surface area (Å²) in [5, 5.41) is 8.32. The molecule has 0 heterocycles. The van der Waals surface area contributed by atoms with E-state index in [9.17, 15) is 19.2 Å². The first-order valence-electron chi connectivity index (χ1n) is 11.8. The molecule has 5 atom stereocenters. The standard InChI is InChI=1S/C23H45N5O4/c1-7-15(4)16(5)21(30)27-19(9-8-11-24)22(31)28-20(13-14(2)3)23(32)26-18(10-12-25)17(6)29/h14-16,18-20H,7-13,24-25H2,1-6H3,(H,26,32)(H,27,30)(H,28,31)/t15-,16-,18-,19-,20+/m0/s1. The molecule has 0 radical (unpaired) electrons. The highest BCUT2D eigenvalue weighted by Gasteiger charge is 2.30. The van der Waals surface area contributed by atoms with Crippen LogP contribution in [0.1, 0.15) is 73.6 Å². The van der Waals surface area contributed by atoms with Gasteiger partial charge in [0, 0.05) is 5.92 Å². The predicted molar refractivity (Wildman–Crippen MR) is 127 cm³/mol. The lowest BCUT2D eigenvalue weighted by atomic mass is 9.92. The summed E-state index contributed by atoms with van der Waals surface area (Å²) in [7, 11) is 0. The van der Waals surface area contributed by atoms with Crippen molar-refractivity contribution in [3.63, 3.8) is 0 Å². The highest BCUT2D eigenvalue weighted by atomic mass is 16.2. The van der Waals surface area contributed by atoms with Crippen LogP contribution < -0.4 is 27.4 Å². The lowest BCUT2D eigenvalue weighted by molar-refractivity contribution is -0.134. The van der Waals surface area contributed by atoms with E-state index >= 15 is 0 Å². The zero-order valence-electron chi connectivity index (χ0n) is 20.7. The van der Waals surface area contributed by atoms with Gasteiger partial charge in [0.25, 0.3) is 0 Å². The van der Waals surface area contributed by atoms with E-state index in [-0.39, 0.29) is 36.0 Å². The Morgan fingerprint density at radius 2 is 1.28 bits per heavy atom. The summed E-state index contributed by atoms with van der Waals surface area (Å²) in [6.45, 7) is 11.8. The van der Waals surface area contributed by atoms with Gasteiger partial charge >= 0.3 is 0 Å². The van der Waals surface area contributed by atoms with Gasteiger partial charge in [-0.3, -0.25) is 19.2 Å². The Bertz CT molecular complexity index is 611. The molecule has 9 nitrogen and oxygen atoms in total. The lowest BCUT2D eigenvalue weighted by Crippen LogP contribution is -2.56. The molecule has 32 heavy (non-hydrogen) atoms. The Hall–Kier alpha value is -2.00. The Morgan fingerprint density at radius 1 is 0.750 bits per heavy atom. The van der Waals surface area contributed by atoms with Gasteiger partial charge in [-0.2, -0.15) is 0 Å². The van der Waals surface area contributed by atoms with Crippen molar-refractivity contribution in [1.82, 2.24) is 16.0 Å². The molecule has 3 amide bonds. The summed E-state index contributed by atoms with van der Waals surface area (Å²) in [4.78, 5) is 50.4. The fourth-order valence-electron chi connectivity index (χ4n) is 3.30. The number of carbonyl (C=O) groups excluding carboxylic acids is 4. The number of Topliss-reactive ketones (excluding diaryl/α,β-unsaturated/α-hetero) is 1. The summed E-state index contributed by atoms with van der Waals surface area (Å²) >= 11 is 0. The van der Waals surface area contributed by atoms with Crippen molar-refractivity contribution in [3.8, 4) is 0 Å². The molecule has 0 spiro atoms. The van der Waals surface area contributed by atoms with Crippen molar-refractivity contribution < 1.29 is 19.2 Å². The fourth-order valence-corrected chi connectivity index (χ4v) is 3.30. The zero-order valence-corrected chi connectivity index (χ0v) is 20.7. The van der Waals surface area contributed by atoms with Crippen LogP contribution in [-0.4, -0.2) is 54.7 Å². The van der Waals surface area contributed by atoms with Crippen molar-refractivity contribution >= 4 is 23.5 Å². The number of rotatable bonds is 16. The highest BCUT2D eigenvalue weighted by Crippen LogP contribution is 2.15. The van der Waals surface area contributed by atoms with Crippen molar-refractivity contribution in [2.75, 3.05) is 13.1 Å². The number of carbonyl (C=O) groups is 4. The summed E-state index contributed by atoms with van der Waals surface area (Å²) < 4.78 is 0. The average molecular weight is 456 g/mol. The minimum Gasteiger partial charge on any atom is -0.344 e. The van der Waals surface area contributed by atoms with Gasteiger partial charge in [0.05, 0.1) is 6.04 Å². The van der Waals surface area contributed by atoms with E-state index in [1.54, 1.807) is 0 Å². The van der Waals surface area contributed by atoms with Crippen molar-refractivity contribution in [3.05, 3.63) is 0 Å². The molecule has 186 valence electrons. The van der Waals surface area contributed by atoms with Crippen LogP contribution in [0.15, 0.2) is 0 Å². The van der Waals surface area contributed by atoms with Crippen LogP contribution in [0.5, 0.6) is 0 Å². The maximum atomic E-state index is 13.1. The molecule has 7 N–H and O–H groups in total. The number of ketones is 1. The number of hydrogen-bond donors (Lipinski definition) is 5. The van der Waals surface area contributed by atoms with Crippen LogP contribution in [0.2, 0.25) is 0 Å². The summed E-state index contributed by atoms with van der Waals surface area (Å²) in [6, 6.07) is -2.30. The molecule has 0 saturated heterocycles. The van der Waals surface area contributed by atoms with Gasteiger partial charge in [-0.15, -0.1) is 0 Å². The third kappa shape index (κ3) is 11.0. The van der Waals surface area contributed by atoms with Gasteiger partial charge in [0.2, 0.25) is 17.7 Å². The van der Waals surface area contributed by atoms with Crippen LogP contribution >= 0.6 is 0 Å². The van der Waals surface area contributed by atoms with Gasteiger partial charge in [0.1, 0.15) is 12.1 Å². The first-order chi connectivity index (χ1) is 15.0. The second-order valence-electron chi connectivity index (χ2n) is 9.11. The molecule has 0 aliphatic carbocycles. The fraction of sp³-hybridized carbons (Fsp3) is 0.826. The molecule has 9 heteroatoms. The smallest absolute Gasteiger partial charge is 0.243 e.